The fourth-order valence-electron chi connectivity index (χ4n) is 2.82. The van der Waals surface area contributed by atoms with Crippen LogP contribution in [0.5, 0.6) is 0 Å². The zero-order chi connectivity index (χ0) is 19.6. The molecule has 2 rings (SSSR count). The van der Waals surface area contributed by atoms with Gasteiger partial charge in [0.15, 0.2) is 6.10 Å². The molecule has 0 aliphatic carbocycles. The number of rotatable bonds is 6. The summed E-state index contributed by atoms with van der Waals surface area (Å²) in [6.07, 6.45) is -1.02. The first-order valence-electron chi connectivity index (χ1n) is 8.35. The SMILES string of the molecule is CCOC(=O)c1c(C)[nH]c(C(=O)[C@H](C)OC(=O)c2cc(C)oc2C)c1C. The van der Waals surface area contributed by atoms with Crippen LogP contribution in [-0.4, -0.2) is 35.4 Å². The lowest BCUT2D eigenvalue weighted by molar-refractivity contribution is 0.0315. The fourth-order valence-corrected chi connectivity index (χ4v) is 2.82. The minimum absolute atomic E-state index is 0.228. The average molecular weight is 361 g/mol. The summed E-state index contributed by atoms with van der Waals surface area (Å²) in [4.78, 5) is 39.9. The molecule has 0 bridgehead atoms. The Morgan fingerprint density at radius 3 is 2.35 bits per heavy atom. The first-order valence-corrected chi connectivity index (χ1v) is 8.35. The molecule has 0 amide bonds. The van der Waals surface area contributed by atoms with Crippen molar-refractivity contribution in [2.75, 3.05) is 6.61 Å². The van der Waals surface area contributed by atoms with E-state index >= 15 is 0 Å². The lowest BCUT2D eigenvalue weighted by Gasteiger charge is -2.12. The Hall–Kier alpha value is -2.83. The summed E-state index contributed by atoms with van der Waals surface area (Å²) in [7, 11) is 0. The lowest BCUT2D eigenvalue weighted by Crippen LogP contribution is -2.25. The Kier molecular flexibility index (Phi) is 5.69. The maximum Gasteiger partial charge on any atom is 0.342 e. The van der Waals surface area contributed by atoms with Crippen LogP contribution in [0.1, 0.15) is 67.8 Å². The van der Waals surface area contributed by atoms with E-state index in [-0.39, 0.29) is 17.9 Å². The molecule has 7 nitrogen and oxygen atoms in total. The molecule has 2 heterocycles. The van der Waals surface area contributed by atoms with Gasteiger partial charge in [0.1, 0.15) is 17.1 Å². The van der Waals surface area contributed by atoms with Crippen molar-refractivity contribution in [1.82, 2.24) is 4.98 Å². The van der Waals surface area contributed by atoms with Gasteiger partial charge in [-0.25, -0.2) is 9.59 Å². The quantitative estimate of drug-likeness (QED) is 0.625. The van der Waals surface area contributed by atoms with Crippen LogP contribution < -0.4 is 0 Å². The fraction of sp³-hybridized carbons (Fsp3) is 0.421. The molecule has 0 saturated carbocycles. The molecule has 1 N–H and O–H groups in total. The number of ether oxygens (including phenoxy) is 2. The molecule has 0 aliphatic heterocycles. The molecule has 2 aromatic heterocycles. The number of H-pyrrole nitrogens is 1. The smallest absolute Gasteiger partial charge is 0.342 e. The molecule has 0 aromatic carbocycles. The highest BCUT2D eigenvalue weighted by Gasteiger charge is 2.28. The van der Waals surface area contributed by atoms with Gasteiger partial charge in [0.25, 0.3) is 0 Å². The van der Waals surface area contributed by atoms with Crippen LogP contribution in [0.3, 0.4) is 0 Å². The van der Waals surface area contributed by atoms with Crippen LogP contribution in [-0.2, 0) is 9.47 Å². The second kappa shape index (κ2) is 7.59. The molecule has 140 valence electrons. The van der Waals surface area contributed by atoms with Crippen LogP contribution in [0.25, 0.3) is 0 Å². The first kappa shape index (κ1) is 19.5. The molecule has 0 aliphatic rings. The first-order chi connectivity index (χ1) is 12.2. The molecular formula is C19H23NO6. The molecule has 0 saturated heterocycles. The van der Waals surface area contributed by atoms with Crippen molar-refractivity contribution in [2.24, 2.45) is 0 Å². The predicted octanol–water partition coefficient (Wildman–Crippen LogP) is 3.45. The average Bonchev–Trinajstić information content (AvgIpc) is 3.05. The van der Waals surface area contributed by atoms with Gasteiger partial charge in [-0.2, -0.15) is 0 Å². The molecule has 0 fully saturated rings. The van der Waals surface area contributed by atoms with E-state index in [1.165, 1.54) is 6.92 Å². The standard InChI is InChI=1S/C19H23NO6/c1-7-24-19(23)15-10(3)16(20-11(15)4)17(21)13(6)26-18(22)14-8-9(2)25-12(14)5/h8,13,20H,7H2,1-6H3/t13-/m0/s1. The van der Waals surface area contributed by atoms with Gasteiger partial charge in [-0.05, 0) is 53.2 Å². The molecule has 0 spiro atoms. The number of hydrogen-bond acceptors (Lipinski definition) is 6. The van der Waals surface area contributed by atoms with E-state index in [1.807, 2.05) is 0 Å². The number of esters is 2. The van der Waals surface area contributed by atoms with Crippen LogP contribution in [0.4, 0.5) is 0 Å². The van der Waals surface area contributed by atoms with Crippen molar-refractivity contribution in [3.05, 3.63) is 45.7 Å². The number of aromatic amines is 1. The van der Waals surface area contributed by atoms with Gasteiger partial charge >= 0.3 is 11.9 Å². The third kappa shape index (κ3) is 3.71. The maximum absolute atomic E-state index is 12.7. The summed E-state index contributed by atoms with van der Waals surface area (Å²) in [5.41, 5.74) is 1.85. The summed E-state index contributed by atoms with van der Waals surface area (Å²) in [5, 5.41) is 0. The lowest BCUT2D eigenvalue weighted by atomic mass is 10.1. The third-order valence-electron chi connectivity index (χ3n) is 4.08. The van der Waals surface area contributed by atoms with Crippen molar-refractivity contribution in [1.29, 1.82) is 0 Å². The summed E-state index contributed by atoms with van der Waals surface area (Å²) in [5.74, 6) is -0.530. The minimum atomic E-state index is -1.02. The molecule has 26 heavy (non-hydrogen) atoms. The highest BCUT2D eigenvalue weighted by molar-refractivity contribution is 6.04. The Morgan fingerprint density at radius 1 is 1.15 bits per heavy atom. The monoisotopic (exact) mass is 361 g/mol. The van der Waals surface area contributed by atoms with Crippen molar-refractivity contribution < 1.29 is 28.3 Å². The van der Waals surface area contributed by atoms with Gasteiger partial charge in [-0.3, -0.25) is 4.79 Å². The van der Waals surface area contributed by atoms with Gasteiger partial charge < -0.3 is 18.9 Å². The Balaban J connectivity index is 2.21. The Bertz CT molecular complexity index is 858. The summed E-state index contributed by atoms with van der Waals surface area (Å²) < 4.78 is 15.6. The van der Waals surface area contributed by atoms with E-state index < -0.39 is 23.8 Å². The number of hydrogen-bond donors (Lipinski definition) is 1. The van der Waals surface area contributed by atoms with E-state index in [0.29, 0.717) is 28.3 Å². The van der Waals surface area contributed by atoms with Crippen LogP contribution in [0, 0.1) is 27.7 Å². The predicted molar refractivity (Wildman–Crippen MR) is 93.6 cm³/mol. The molecule has 2 aromatic rings. The Labute approximate surface area is 151 Å². The van der Waals surface area contributed by atoms with Crippen molar-refractivity contribution >= 4 is 17.7 Å². The zero-order valence-corrected chi connectivity index (χ0v) is 15.8. The highest BCUT2D eigenvalue weighted by atomic mass is 16.5. The van der Waals surface area contributed by atoms with Gasteiger partial charge in [-0.1, -0.05) is 0 Å². The third-order valence-corrected chi connectivity index (χ3v) is 4.08. The van der Waals surface area contributed by atoms with E-state index in [1.54, 1.807) is 40.7 Å². The van der Waals surface area contributed by atoms with Gasteiger partial charge in [0.05, 0.1) is 17.9 Å². The van der Waals surface area contributed by atoms with Crippen LogP contribution in [0.2, 0.25) is 0 Å². The second-order valence-corrected chi connectivity index (χ2v) is 6.08. The largest absolute Gasteiger partial charge is 0.466 e. The van der Waals surface area contributed by atoms with Crippen LogP contribution in [0.15, 0.2) is 10.5 Å². The number of aromatic nitrogens is 1. The number of ketones is 1. The summed E-state index contributed by atoms with van der Waals surface area (Å²) in [6, 6.07) is 1.57. The van der Waals surface area contributed by atoms with E-state index in [4.69, 9.17) is 13.9 Å². The number of aryl methyl sites for hydroxylation is 3. The second-order valence-electron chi connectivity index (χ2n) is 6.08. The van der Waals surface area contributed by atoms with E-state index in [2.05, 4.69) is 4.98 Å². The van der Waals surface area contributed by atoms with Gasteiger partial charge in [-0.15, -0.1) is 0 Å². The molecule has 1 atom stereocenters. The number of Topliss-reactive ketones (excluding diaryl/α,β-unsaturated/α-hetero) is 1. The number of carbonyl (C=O) groups excluding carboxylic acids is 3. The van der Waals surface area contributed by atoms with E-state index in [0.717, 1.165) is 0 Å². The normalized spacial score (nSPS) is 11.9. The van der Waals surface area contributed by atoms with Gasteiger partial charge in [0, 0.05) is 5.69 Å². The topological polar surface area (TPSA) is 98.6 Å². The number of nitrogens with one attached hydrogen (secondary N) is 1. The molecule has 7 heteroatoms. The number of carbonyl (C=O) groups is 3. The highest BCUT2D eigenvalue weighted by Crippen LogP contribution is 2.22. The minimum Gasteiger partial charge on any atom is -0.466 e. The van der Waals surface area contributed by atoms with Crippen molar-refractivity contribution in [2.45, 2.75) is 47.6 Å². The summed E-state index contributed by atoms with van der Waals surface area (Å²) >= 11 is 0. The molecular weight excluding hydrogens is 338 g/mol. The molecule has 0 radical (unpaired) electrons. The maximum atomic E-state index is 12.7. The number of furan rings is 1. The van der Waals surface area contributed by atoms with E-state index in [9.17, 15) is 14.4 Å². The Morgan fingerprint density at radius 2 is 1.81 bits per heavy atom. The summed E-state index contributed by atoms with van der Waals surface area (Å²) in [6.45, 7) is 10.2. The van der Waals surface area contributed by atoms with Crippen LogP contribution >= 0.6 is 0 Å². The zero-order valence-electron chi connectivity index (χ0n) is 15.8. The molecule has 0 unspecified atom stereocenters. The van der Waals surface area contributed by atoms with Crippen molar-refractivity contribution in [3.8, 4) is 0 Å². The van der Waals surface area contributed by atoms with Gasteiger partial charge in [0.2, 0.25) is 5.78 Å². The van der Waals surface area contributed by atoms with Crippen molar-refractivity contribution in [3.63, 3.8) is 0 Å².